The molecule has 1 aromatic heterocycles. The smallest absolute Gasteiger partial charge is 0.412 e. The molecule has 240 valence electrons. The molecule has 12 heteroatoms. The van der Waals surface area contributed by atoms with E-state index in [0.29, 0.717) is 62.0 Å². The number of aromatic nitrogens is 1. The lowest BCUT2D eigenvalue weighted by atomic mass is 9.82. The summed E-state index contributed by atoms with van der Waals surface area (Å²) in [4.78, 5) is 58.1. The summed E-state index contributed by atoms with van der Waals surface area (Å²) in [6.07, 6.45) is 4.62. The molecule has 1 unspecified atom stereocenters. The molecule has 2 aromatic carbocycles. The number of halogens is 2. The molecule has 4 heterocycles. The first-order valence-electron chi connectivity index (χ1n) is 15.4. The van der Waals surface area contributed by atoms with Crippen LogP contribution >= 0.6 is 11.6 Å². The molecule has 1 spiro atoms. The summed E-state index contributed by atoms with van der Waals surface area (Å²) >= 11 is 6.15. The summed E-state index contributed by atoms with van der Waals surface area (Å²) in [5.41, 5.74) is 2.31. The minimum Gasteiger partial charge on any atom is -0.469 e. The SMILES string of the molecule is COC(=O)Cc1ccc2c(c1)NC(=O)CCCCCC(C(=O)N1CCC[C@@]3(C1)OC(=O)Nc1ccc(Cl)c(F)c13)c1cc-2ccn1. The van der Waals surface area contributed by atoms with Crippen molar-refractivity contribution in [2.75, 3.05) is 30.8 Å². The number of hydrogen-bond acceptors (Lipinski definition) is 7. The summed E-state index contributed by atoms with van der Waals surface area (Å²) in [5.74, 6) is -2.03. The molecular weight excluding hydrogens is 615 g/mol. The number of nitrogens with zero attached hydrogens (tertiary/aromatic N) is 2. The summed E-state index contributed by atoms with van der Waals surface area (Å²) in [6, 6.07) is 12.0. The van der Waals surface area contributed by atoms with Crippen molar-refractivity contribution in [3.8, 4) is 11.1 Å². The number of carbonyl (C=O) groups is 4. The Bertz CT molecular complexity index is 1720. The molecule has 0 radical (unpaired) electrons. The van der Waals surface area contributed by atoms with E-state index >= 15 is 4.39 Å². The van der Waals surface area contributed by atoms with E-state index in [2.05, 4.69) is 15.6 Å². The van der Waals surface area contributed by atoms with Gasteiger partial charge in [0.05, 0.1) is 48.0 Å². The van der Waals surface area contributed by atoms with Crippen molar-refractivity contribution >= 4 is 46.9 Å². The highest BCUT2D eigenvalue weighted by Crippen LogP contribution is 2.46. The van der Waals surface area contributed by atoms with Gasteiger partial charge in [-0.25, -0.2) is 9.18 Å². The largest absolute Gasteiger partial charge is 0.469 e. The highest BCUT2D eigenvalue weighted by molar-refractivity contribution is 6.31. The number of nitrogens with one attached hydrogen (secondary N) is 2. The third kappa shape index (κ3) is 6.28. The van der Waals surface area contributed by atoms with Gasteiger partial charge < -0.3 is 19.7 Å². The van der Waals surface area contributed by atoms with Gasteiger partial charge in [0.1, 0.15) is 0 Å². The van der Waals surface area contributed by atoms with E-state index in [1.165, 1.54) is 13.2 Å². The van der Waals surface area contributed by atoms with Crippen LogP contribution in [0, 0.1) is 5.82 Å². The van der Waals surface area contributed by atoms with Gasteiger partial charge in [-0.15, -0.1) is 0 Å². The van der Waals surface area contributed by atoms with Crippen molar-refractivity contribution in [1.82, 2.24) is 9.88 Å². The number of hydrogen-bond donors (Lipinski definition) is 2. The number of fused-ring (bicyclic) bond motifs is 6. The molecule has 3 aliphatic rings. The van der Waals surface area contributed by atoms with Gasteiger partial charge in [-0.2, -0.15) is 0 Å². The van der Waals surface area contributed by atoms with Gasteiger partial charge in [0, 0.05) is 30.4 Å². The van der Waals surface area contributed by atoms with Crippen LogP contribution < -0.4 is 10.6 Å². The van der Waals surface area contributed by atoms with Crippen molar-refractivity contribution in [2.24, 2.45) is 0 Å². The second-order valence-electron chi connectivity index (χ2n) is 12.0. The van der Waals surface area contributed by atoms with Gasteiger partial charge in [0.2, 0.25) is 11.8 Å². The van der Waals surface area contributed by atoms with E-state index in [1.807, 2.05) is 18.2 Å². The van der Waals surface area contributed by atoms with E-state index in [-0.39, 0.29) is 41.1 Å². The molecule has 1 saturated heterocycles. The Morgan fingerprint density at radius 1 is 1.09 bits per heavy atom. The third-order valence-electron chi connectivity index (χ3n) is 8.92. The normalized spacial score (nSPS) is 21.3. The van der Waals surface area contributed by atoms with E-state index < -0.39 is 29.4 Å². The van der Waals surface area contributed by atoms with Crippen LogP contribution in [0.1, 0.15) is 67.7 Å². The minimum atomic E-state index is -1.38. The first-order valence-corrected chi connectivity index (χ1v) is 15.8. The maximum Gasteiger partial charge on any atom is 0.412 e. The van der Waals surface area contributed by atoms with Crippen LogP contribution in [0.3, 0.4) is 0 Å². The molecule has 2 bridgehead atoms. The van der Waals surface area contributed by atoms with Gasteiger partial charge >= 0.3 is 12.1 Å². The number of methoxy groups -OCH3 is 1. The number of anilines is 2. The maximum absolute atomic E-state index is 15.5. The molecule has 1 fully saturated rings. The number of ether oxygens (including phenoxy) is 2. The fourth-order valence-electron chi connectivity index (χ4n) is 6.71. The Labute approximate surface area is 270 Å². The van der Waals surface area contributed by atoms with Crippen LogP contribution in [-0.2, 0) is 35.9 Å². The number of likely N-dealkylation sites (tertiary alicyclic amines) is 1. The molecule has 2 N–H and O–H groups in total. The predicted molar refractivity (Wildman–Crippen MR) is 169 cm³/mol. The van der Waals surface area contributed by atoms with E-state index in [1.54, 1.807) is 29.3 Å². The summed E-state index contributed by atoms with van der Waals surface area (Å²) in [5, 5.41) is 5.47. The van der Waals surface area contributed by atoms with Crippen molar-refractivity contribution in [3.05, 3.63) is 76.3 Å². The molecule has 2 atom stereocenters. The van der Waals surface area contributed by atoms with E-state index in [9.17, 15) is 19.2 Å². The molecule has 3 aromatic rings. The number of piperidine rings is 1. The number of pyridine rings is 1. The molecule has 0 aliphatic carbocycles. The fraction of sp³-hybridized carbons (Fsp3) is 0.382. The number of amides is 3. The van der Waals surface area contributed by atoms with Gasteiger partial charge in [0.25, 0.3) is 0 Å². The zero-order valence-electron chi connectivity index (χ0n) is 25.4. The summed E-state index contributed by atoms with van der Waals surface area (Å²) in [7, 11) is 1.33. The topological polar surface area (TPSA) is 127 Å². The minimum absolute atomic E-state index is 0.0239. The lowest BCUT2D eigenvalue weighted by Gasteiger charge is -2.45. The number of carbonyl (C=O) groups excluding carboxylic acids is 4. The van der Waals surface area contributed by atoms with Gasteiger partial charge in [-0.1, -0.05) is 36.6 Å². The highest BCUT2D eigenvalue weighted by atomic mass is 35.5. The molecule has 10 nitrogen and oxygen atoms in total. The van der Waals surface area contributed by atoms with Crippen LogP contribution in [0.4, 0.5) is 20.6 Å². The van der Waals surface area contributed by atoms with Gasteiger partial charge in [-0.05, 0) is 67.1 Å². The first kappa shape index (κ1) is 31.5. The molecule has 3 amide bonds. The Kier molecular flexibility index (Phi) is 8.95. The number of esters is 1. The third-order valence-corrected chi connectivity index (χ3v) is 9.21. The second-order valence-corrected chi connectivity index (χ2v) is 12.4. The summed E-state index contributed by atoms with van der Waals surface area (Å²) in [6.45, 7) is 0.382. The van der Waals surface area contributed by atoms with Crippen LogP contribution in [-0.4, -0.2) is 54.0 Å². The Balaban J connectivity index is 1.35. The standard InChI is InChI=1S/C34H34ClFN4O6/c1-45-29(42)17-20-8-9-22-21-12-14-37-26(18-21)23(6-3-2-4-7-28(41)38-27(22)16-20)32(43)40-15-5-13-34(19-40)30-25(39-33(44)46-34)11-10-24(35)31(30)36/h8-12,14,16,18,23H,2-7,13,15,17,19H2,1H3,(H,38,41)(H,39,44)/t23?,34-/m0/s1. The van der Waals surface area contributed by atoms with Crippen molar-refractivity contribution in [2.45, 2.75) is 62.9 Å². The number of benzene rings is 2. The van der Waals surface area contributed by atoms with Crippen LogP contribution in [0.25, 0.3) is 11.1 Å². The monoisotopic (exact) mass is 648 g/mol. The van der Waals surface area contributed by atoms with Crippen molar-refractivity contribution in [3.63, 3.8) is 0 Å². The Morgan fingerprint density at radius 3 is 2.76 bits per heavy atom. The van der Waals surface area contributed by atoms with Crippen LogP contribution in [0.5, 0.6) is 0 Å². The average molecular weight is 649 g/mol. The van der Waals surface area contributed by atoms with Crippen molar-refractivity contribution in [1.29, 1.82) is 0 Å². The van der Waals surface area contributed by atoms with Crippen molar-refractivity contribution < 1.29 is 33.0 Å². The predicted octanol–water partition coefficient (Wildman–Crippen LogP) is 6.32. The molecule has 0 saturated carbocycles. The molecule has 3 aliphatic heterocycles. The van der Waals surface area contributed by atoms with E-state index in [0.717, 1.165) is 17.5 Å². The zero-order chi connectivity index (χ0) is 32.4. The molecule has 6 rings (SSSR count). The lowest BCUT2D eigenvalue weighted by Crippen LogP contribution is -2.54. The molecule has 46 heavy (non-hydrogen) atoms. The Morgan fingerprint density at radius 2 is 1.93 bits per heavy atom. The second kappa shape index (κ2) is 13.1. The molecular formula is C34H34ClFN4O6. The number of rotatable bonds is 3. The highest BCUT2D eigenvalue weighted by Gasteiger charge is 2.49. The lowest BCUT2D eigenvalue weighted by molar-refractivity contribution is -0.141. The summed E-state index contributed by atoms with van der Waals surface area (Å²) < 4.78 is 26.1. The van der Waals surface area contributed by atoms with E-state index in [4.69, 9.17) is 21.1 Å². The Hall–Kier alpha value is -4.51. The maximum atomic E-state index is 15.5. The first-order chi connectivity index (χ1) is 22.2. The quantitative estimate of drug-likeness (QED) is 0.318. The fourth-order valence-corrected chi connectivity index (χ4v) is 6.86. The van der Waals surface area contributed by atoms with Crippen LogP contribution in [0.15, 0.2) is 48.7 Å². The zero-order valence-corrected chi connectivity index (χ0v) is 26.1. The van der Waals surface area contributed by atoms with Gasteiger partial charge in [-0.3, -0.25) is 24.7 Å². The average Bonchev–Trinajstić information content (AvgIpc) is 3.04. The van der Waals surface area contributed by atoms with Crippen LogP contribution in [0.2, 0.25) is 5.02 Å². The van der Waals surface area contributed by atoms with Gasteiger partial charge in [0.15, 0.2) is 11.4 Å².